The highest BCUT2D eigenvalue weighted by molar-refractivity contribution is 5.95. The molecule has 4 rings (SSSR count). The predicted molar refractivity (Wildman–Crippen MR) is 121 cm³/mol. The zero-order valence-electron chi connectivity index (χ0n) is 18.9. The molecule has 2 heterocycles. The smallest absolute Gasteiger partial charge is 0.229 e. The highest BCUT2D eigenvalue weighted by Crippen LogP contribution is 2.46. The maximum atomic E-state index is 10.6. The van der Waals surface area contributed by atoms with E-state index in [1.54, 1.807) is 6.07 Å². The number of methoxy groups -OCH3 is 1. The van der Waals surface area contributed by atoms with Gasteiger partial charge in [0.25, 0.3) is 0 Å². The van der Waals surface area contributed by atoms with Gasteiger partial charge in [-0.05, 0) is 48.7 Å². The first-order valence-corrected chi connectivity index (χ1v) is 11.0. The topological polar surface area (TPSA) is 182 Å². The van der Waals surface area contributed by atoms with Crippen molar-refractivity contribution in [3.05, 3.63) is 35.9 Å². The first kappa shape index (κ1) is 25.0. The van der Waals surface area contributed by atoms with Crippen LogP contribution in [0.25, 0.3) is 22.3 Å². The van der Waals surface area contributed by atoms with Crippen LogP contribution in [0.15, 0.2) is 34.7 Å². The van der Waals surface area contributed by atoms with Crippen molar-refractivity contribution in [3.8, 4) is 34.3 Å². The van der Waals surface area contributed by atoms with E-state index in [0.29, 0.717) is 29.4 Å². The summed E-state index contributed by atoms with van der Waals surface area (Å²) in [5.74, 6) is -0.0123. The molecular formula is C24H28O11. The minimum absolute atomic E-state index is 0.0400. The van der Waals surface area contributed by atoms with E-state index < -0.39 is 37.3 Å². The van der Waals surface area contributed by atoms with Crippen LogP contribution in [0.4, 0.5) is 0 Å². The molecule has 0 saturated carbocycles. The fraction of sp³-hybridized carbons (Fsp3) is 0.417. The zero-order valence-corrected chi connectivity index (χ0v) is 18.9. The minimum Gasteiger partial charge on any atom is -0.504 e. The fourth-order valence-electron chi connectivity index (χ4n) is 4.05. The number of furan rings is 1. The lowest BCUT2D eigenvalue weighted by Crippen LogP contribution is -2.60. The third kappa shape index (κ3) is 4.74. The van der Waals surface area contributed by atoms with Crippen molar-refractivity contribution < 1.29 is 54.4 Å². The lowest BCUT2D eigenvalue weighted by atomic mass is 9.99. The summed E-state index contributed by atoms with van der Waals surface area (Å²) in [6, 6.07) is 7.58. The molecule has 0 amide bonds. The molecule has 1 aliphatic heterocycles. The van der Waals surface area contributed by atoms with Crippen LogP contribution < -0.4 is 9.47 Å². The second-order valence-corrected chi connectivity index (χ2v) is 8.28. The van der Waals surface area contributed by atoms with Crippen LogP contribution in [0.1, 0.15) is 12.0 Å². The molecule has 2 aromatic carbocycles. The van der Waals surface area contributed by atoms with E-state index in [-0.39, 0.29) is 40.9 Å². The first-order valence-electron chi connectivity index (χ1n) is 11.0. The summed E-state index contributed by atoms with van der Waals surface area (Å²) in [4.78, 5) is 0. The number of benzene rings is 2. The van der Waals surface area contributed by atoms with E-state index >= 15 is 0 Å². The monoisotopic (exact) mass is 492 g/mol. The Morgan fingerprint density at radius 3 is 2.40 bits per heavy atom. The zero-order chi connectivity index (χ0) is 25.3. The summed E-state index contributed by atoms with van der Waals surface area (Å²) in [5.41, 5.74) is 1.14. The number of phenols is 2. The van der Waals surface area contributed by atoms with Crippen LogP contribution >= 0.6 is 0 Å². The average molecular weight is 492 g/mol. The number of aliphatic hydroxyl groups excluding tert-OH is 5. The van der Waals surface area contributed by atoms with Crippen LogP contribution in [0, 0.1) is 0 Å². The molecule has 1 saturated heterocycles. The number of phenolic OH excluding ortho intramolecular Hbond substituents is 2. The van der Waals surface area contributed by atoms with E-state index in [0.717, 1.165) is 0 Å². The van der Waals surface area contributed by atoms with E-state index in [4.69, 9.17) is 18.6 Å². The van der Waals surface area contributed by atoms with Gasteiger partial charge in [-0.15, -0.1) is 0 Å². The van der Waals surface area contributed by atoms with Crippen LogP contribution in [0.2, 0.25) is 0 Å². The quantitative estimate of drug-likeness (QED) is 0.234. The minimum atomic E-state index is -1.67. The molecule has 1 aliphatic rings. The Morgan fingerprint density at radius 2 is 1.71 bits per heavy atom. The van der Waals surface area contributed by atoms with Gasteiger partial charge in [0.1, 0.15) is 24.4 Å². The fourth-order valence-corrected chi connectivity index (χ4v) is 4.05. The van der Waals surface area contributed by atoms with Gasteiger partial charge in [-0.3, -0.25) is 0 Å². The van der Waals surface area contributed by atoms with Crippen molar-refractivity contribution in [3.63, 3.8) is 0 Å². The van der Waals surface area contributed by atoms with Gasteiger partial charge >= 0.3 is 0 Å². The molecular weight excluding hydrogens is 464 g/mol. The van der Waals surface area contributed by atoms with Gasteiger partial charge in [0.05, 0.1) is 19.1 Å². The lowest BCUT2D eigenvalue weighted by Gasteiger charge is -2.39. The van der Waals surface area contributed by atoms with Crippen molar-refractivity contribution in [1.29, 1.82) is 0 Å². The van der Waals surface area contributed by atoms with E-state index in [9.17, 15) is 35.7 Å². The maximum Gasteiger partial charge on any atom is 0.229 e. The van der Waals surface area contributed by atoms with Crippen LogP contribution in [-0.2, 0) is 11.2 Å². The van der Waals surface area contributed by atoms with E-state index in [1.165, 1.54) is 31.4 Å². The highest BCUT2D eigenvalue weighted by atomic mass is 16.7. The summed E-state index contributed by atoms with van der Waals surface area (Å²) >= 11 is 0. The summed E-state index contributed by atoms with van der Waals surface area (Å²) in [5, 5.41) is 70.4. The molecule has 3 aromatic rings. The Bertz CT molecular complexity index is 1170. The van der Waals surface area contributed by atoms with Gasteiger partial charge in [0.2, 0.25) is 6.29 Å². The molecule has 1 aromatic heterocycles. The molecule has 190 valence electrons. The van der Waals surface area contributed by atoms with Crippen molar-refractivity contribution in [2.75, 3.05) is 20.3 Å². The number of ether oxygens (including phenoxy) is 3. The second-order valence-electron chi connectivity index (χ2n) is 8.28. The molecule has 0 unspecified atom stereocenters. The molecule has 7 N–H and O–H groups in total. The van der Waals surface area contributed by atoms with Gasteiger partial charge in [0.15, 0.2) is 34.3 Å². The molecule has 5 atom stereocenters. The number of hydrogen-bond acceptors (Lipinski definition) is 11. The summed E-state index contributed by atoms with van der Waals surface area (Å²) in [6.07, 6.45) is -6.69. The molecule has 11 heteroatoms. The predicted octanol–water partition coefficient (Wildman–Crippen LogP) is 0.623. The third-order valence-corrected chi connectivity index (χ3v) is 5.93. The van der Waals surface area contributed by atoms with Crippen molar-refractivity contribution >= 4 is 11.0 Å². The summed E-state index contributed by atoms with van der Waals surface area (Å²) < 4.78 is 22.6. The molecule has 1 fully saturated rings. The van der Waals surface area contributed by atoms with Gasteiger partial charge in [-0.25, -0.2) is 0 Å². The maximum absolute atomic E-state index is 10.6. The van der Waals surface area contributed by atoms with Crippen LogP contribution in [-0.4, -0.2) is 86.8 Å². The van der Waals surface area contributed by atoms with Gasteiger partial charge in [-0.2, -0.15) is 0 Å². The van der Waals surface area contributed by atoms with Gasteiger partial charge in [-0.1, -0.05) is 0 Å². The summed E-state index contributed by atoms with van der Waals surface area (Å²) in [6.45, 7) is -0.679. The Hall–Kier alpha value is -3.06. The standard InChI is InChI=1S/C24H28O11/c1-32-16-9-12(4-5-14(16)27)21-23(35-24-20(31)19(30)18(29)17(10-26)33-24)13-7-11(3-2-6-25)8-15(28)22(13)34-21/h4-5,7-9,17-20,24-31H,2-3,6,10H2,1H3/t17-,18-,19+,20-,24+/m1/s1. The molecule has 0 bridgehead atoms. The number of fused-ring (bicyclic) bond motifs is 1. The third-order valence-electron chi connectivity index (χ3n) is 5.93. The highest BCUT2D eigenvalue weighted by Gasteiger charge is 2.45. The largest absolute Gasteiger partial charge is 0.504 e. The second kappa shape index (κ2) is 10.3. The van der Waals surface area contributed by atoms with Crippen molar-refractivity contribution in [2.24, 2.45) is 0 Å². The number of aromatic hydroxyl groups is 2. The molecule has 0 aliphatic carbocycles. The first-order chi connectivity index (χ1) is 16.8. The Morgan fingerprint density at radius 1 is 0.943 bits per heavy atom. The Balaban J connectivity index is 1.85. The van der Waals surface area contributed by atoms with Gasteiger partial charge in [0, 0.05) is 12.2 Å². The van der Waals surface area contributed by atoms with Crippen LogP contribution in [0.3, 0.4) is 0 Å². The van der Waals surface area contributed by atoms with Gasteiger partial charge < -0.3 is 54.4 Å². The number of aryl methyl sites for hydroxylation is 1. The number of aliphatic hydroxyl groups is 5. The Labute approximate surface area is 200 Å². The average Bonchev–Trinajstić information content (AvgIpc) is 3.22. The SMILES string of the molecule is COc1cc(-c2oc3c(O)cc(CCCO)cc3c2O[C@@H]2O[C@H](CO)[C@@H](O)[C@H](O)[C@H]2O)ccc1O. The molecule has 0 spiro atoms. The van der Waals surface area contributed by atoms with E-state index in [2.05, 4.69) is 0 Å². The molecule has 35 heavy (non-hydrogen) atoms. The summed E-state index contributed by atoms with van der Waals surface area (Å²) in [7, 11) is 1.38. The number of hydrogen-bond donors (Lipinski definition) is 7. The lowest BCUT2D eigenvalue weighted by molar-refractivity contribution is -0.277. The number of rotatable bonds is 8. The Kier molecular flexibility index (Phi) is 7.36. The molecule has 11 nitrogen and oxygen atoms in total. The molecule has 0 radical (unpaired) electrons. The van der Waals surface area contributed by atoms with Crippen molar-refractivity contribution in [2.45, 2.75) is 43.5 Å². The normalized spacial score (nSPS) is 24.6. The van der Waals surface area contributed by atoms with E-state index in [1.807, 2.05) is 0 Å². The van der Waals surface area contributed by atoms with Crippen LogP contribution in [0.5, 0.6) is 23.0 Å². The van der Waals surface area contributed by atoms with Crippen molar-refractivity contribution in [1.82, 2.24) is 0 Å².